The average molecular weight is 330 g/mol. The molecular weight excluding hydrogens is 317 g/mol. The van der Waals surface area contributed by atoms with Gasteiger partial charge in [0.1, 0.15) is 10.7 Å². The van der Waals surface area contributed by atoms with Crippen LogP contribution in [0.15, 0.2) is 12.1 Å². The third kappa shape index (κ3) is 2.84. The molecule has 2 rings (SSSR count). The van der Waals surface area contributed by atoms with Crippen molar-refractivity contribution in [2.24, 2.45) is 0 Å². The van der Waals surface area contributed by atoms with Crippen molar-refractivity contribution in [2.45, 2.75) is 6.92 Å². The Labute approximate surface area is 131 Å². The van der Waals surface area contributed by atoms with Crippen LogP contribution in [0, 0.1) is 0 Å². The summed E-state index contributed by atoms with van der Waals surface area (Å²) in [6.07, 6.45) is 0. The van der Waals surface area contributed by atoms with Gasteiger partial charge < -0.3 is 14.2 Å². The molecule has 0 saturated heterocycles. The van der Waals surface area contributed by atoms with Crippen LogP contribution in [0.1, 0.15) is 17.3 Å². The number of halogens is 2. The first-order valence-electron chi connectivity index (χ1n) is 6.11. The Hall–Kier alpha value is -1.72. The van der Waals surface area contributed by atoms with Crippen LogP contribution in [0.5, 0.6) is 11.5 Å². The third-order valence-electron chi connectivity index (χ3n) is 2.86. The number of hydrogen-bond donors (Lipinski definition) is 0. The van der Waals surface area contributed by atoms with Gasteiger partial charge in [0.2, 0.25) is 0 Å². The zero-order valence-corrected chi connectivity index (χ0v) is 13.2. The largest absolute Gasteiger partial charge is 0.493 e. The molecule has 0 atom stereocenters. The second kappa shape index (κ2) is 6.37. The molecule has 0 aliphatic rings. The van der Waals surface area contributed by atoms with Crippen molar-refractivity contribution in [3.63, 3.8) is 0 Å². The summed E-state index contributed by atoms with van der Waals surface area (Å²) < 4.78 is 15.4. The van der Waals surface area contributed by atoms with E-state index in [0.717, 1.165) is 0 Å². The Morgan fingerprint density at radius 3 is 2.38 bits per heavy atom. The number of aromatic nitrogens is 1. The Morgan fingerprint density at radius 2 is 1.81 bits per heavy atom. The average Bonchev–Trinajstić information content (AvgIpc) is 2.46. The van der Waals surface area contributed by atoms with Gasteiger partial charge in [-0.2, -0.15) is 0 Å². The van der Waals surface area contributed by atoms with Gasteiger partial charge in [0, 0.05) is 11.5 Å². The Kier molecular flexibility index (Phi) is 4.75. The van der Waals surface area contributed by atoms with Crippen LogP contribution in [-0.4, -0.2) is 31.8 Å². The molecule has 0 fully saturated rings. The second-order valence-corrected chi connectivity index (χ2v) is 4.77. The number of benzene rings is 1. The molecular formula is C14H13Cl2NO4. The lowest BCUT2D eigenvalue weighted by Gasteiger charge is -2.12. The van der Waals surface area contributed by atoms with Crippen molar-refractivity contribution < 1.29 is 19.0 Å². The minimum atomic E-state index is -0.614. The van der Waals surface area contributed by atoms with Gasteiger partial charge in [0.05, 0.1) is 31.4 Å². The first kappa shape index (κ1) is 15.7. The van der Waals surface area contributed by atoms with Crippen LogP contribution < -0.4 is 9.47 Å². The summed E-state index contributed by atoms with van der Waals surface area (Å²) in [6, 6.07) is 3.28. The minimum Gasteiger partial charge on any atom is -0.493 e. The highest BCUT2D eigenvalue weighted by Crippen LogP contribution is 2.38. The van der Waals surface area contributed by atoms with Crippen LogP contribution in [-0.2, 0) is 4.74 Å². The third-order valence-corrected chi connectivity index (χ3v) is 3.53. The van der Waals surface area contributed by atoms with Gasteiger partial charge in [-0.1, -0.05) is 23.2 Å². The van der Waals surface area contributed by atoms with E-state index in [2.05, 4.69) is 4.98 Å². The van der Waals surface area contributed by atoms with Crippen molar-refractivity contribution in [3.8, 4) is 11.5 Å². The second-order valence-electron chi connectivity index (χ2n) is 4.04. The summed E-state index contributed by atoms with van der Waals surface area (Å²) in [4.78, 5) is 16.1. The normalized spacial score (nSPS) is 10.5. The van der Waals surface area contributed by atoms with E-state index in [4.69, 9.17) is 37.4 Å². The molecule has 5 nitrogen and oxygen atoms in total. The predicted molar refractivity (Wildman–Crippen MR) is 80.8 cm³/mol. The standard InChI is InChI=1S/C14H13Cl2NO4/c1-4-21-14(18)11-12(15)7-5-9(19-2)10(20-3)6-8(7)17-13(11)16/h5-6H,4H2,1-3H3. The highest BCUT2D eigenvalue weighted by molar-refractivity contribution is 6.42. The van der Waals surface area contributed by atoms with Crippen LogP contribution in [0.2, 0.25) is 10.2 Å². The van der Waals surface area contributed by atoms with E-state index in [-0.39, 0.29) is 22.3 Å². The number of fused-ring (bicyclic) bond motifs is 1. The van der Waals surface area contributed by atoms with Gasteiger partial charge in [-0.15, -0.1) is 0 Å². The highest BCUT2D eigenvalue weighted by atomic mass is 35.5. The molecule has 1 aromatic carbocycles. The molecule has 0 spiro atoms. The van der Waals surface area contributed by atoms with Gasteiger partial charge in [-0.05, 0) is 13.0 Å². The van der Waals surface area contributed by atoms with Gasteiger partial charge in [0.15, 0.2) is 11.5 Å². The number of methoxy groups -OCH3 is 2. The molecule has 0 unspecified atom stereocenters. The van der Waals surface area contributed by atoms with E-state index in [0.29, 0.717) is 22.4 Å². The number of hydrogen-bond acceptors (Lipinski definition) is 5. The van der Waals surface area contributed by atoms with E-state index in [1.165, 1.54) is 14.2 Å². The van der Waals surface area contributed by atoms with E-state index in [1.807, 2.05) is 0 Å². The van der Waals surface area contributed by atoms with Crippen molar-refractivity contribution in [3.05, 3.63) is 27.9 Å². The minimum absolute atomic E-state index is 0.0156. The number of ether oxygens (including phenoxy) is 3. The molecule has 0 bridgehead atoms. The zero-order valence-electron chi connectivity index (χ0n) is 11.7. The van der Waals surface area contributed by atoms with Crippen LogP contribution >= 0.6 is 23.2 Å². The predicted octanol–water partition coefficient (Wildman–Crippen LogP) is 3.74. The summed E-state index contributed by atoms with van der Waals surface area (Å²) in [7, 11) is 3.02. The Bertz CT molecular complexity index is 703. The molecule has 0 amide bonds. The number of esters is 1. The molecule has 0 N–H and O–H groups in total. The highest BCUT2D eigenvalue weighted by Gasteiger charge is 2.21. The molecule has 112 valence electrons. The van der Waals surface area contributed by atoms with Gasteiger partial charge in [-0.3, -0.25) is 0 Å². The lowest BCUT2D eigenvalue weighted by atomic mass is 10.1. The fourth-order valence-corrected chi connectivity index (χ4v) is 2.53. The van der Waals surface area contributed by atoms with Crippen molar-refractivity contribution in [1.29, 1.82) is 0 Å². The number of carbonyl (C=O) groups excluding carboxylic acids is 1. The lowest BCUT2D eigenvalue weighted by Crippen LogP contribution is -2.08. The molecule has 0 saturated carbocycles. The number of carbonyl (C=O) groups is 1. The monoisotopic (exact) mass is 329 g/mol. The van der Waals surface area contributed by atoms with Gasteiger partial charge in [-0.25, -0.2) is 9.78 Å². The fraction of sp³-hybridized carbons (Fsp3) is 0.286. The van der Waals surface area contributed by atoms with E-state index in [1.54, 1.807) is 19.1 Å². The summed E-state index contributed by atoms with van der Waals surface area (Å²) in [5.74, 6) is 0.357. The smallest absolute Gasteiger partial charge is 0.342 e. The van der Waals surface area contributed by atoms with Crippen molar-refractivity contribution >= 4 is 40.1 Å². The van der Waals surface area contributed by atoms with E-state index >= 15 is 0 Å². The molecule has 2 aromatic rings. The van der Waals surface area contributed by atoms with Gasteiger partial charge >= 0.3 is 5.97 Å². The summed E-state index contributed by atoms with van der Waals surface area (Å²) in [5.41, 5.74) is 0.538. The maximum atomic E-state index is 11.9. The van der Waals surface area contributed by atoms with Crippen molar-refractivity contribution in [1.82, 2.24) is 4.98 Å². The topological polar surface area (TPSA) is 57.7 Å². The molecule has 0 radical (unpaired) electrons. The summed E-state index contributed by atoms with van der Waals surface area (Å²) in [5, 5.41) is 0.685. The Morgan fingerprint density at radius 1 is 1.19 bits per heavy atom. The Balaban J connectivity index is 2.73. The molecule has 0 aliphatic carbocycles. The number of rotatable bonds is 4. The van der Waals surface area contributed by atoms with E-state index in [9.17, 15) is 4.79 Å². The molecule has 0 aliphatic heterocycles. The number of pyridine rings is 1. The van der Waals surface area contributed by atoms with Gasteiger partial charge in [0.25, 0.3) is 0 Å². The summed E-state index contributed by atoms with van der Waals surface area (Å²) >= 11 is 12.3. The quantitative estimate of drug-likeness (QED) is 0.631. The van der Waals surface area contributed by atoms with Crippen LogP contribution in [0.25, 0.3) is 10.9 Å². The first-order chi connectivity index (χ1) is 10.0. The van der Waals surface area contributed by atoms with Crippen molar-refractivity contribution in [2.75, 3.05) is 20.8 Å². The SMILES string of the molecule is CCOC(=O)c1c(Cl)nc2cc(OC)c(OC)cc2c1Cl. The molecule has 21 heavy (non-hydrogen) atoms. The fourth-order valence-electron chi connectivity index (χ4n) is 1.90. The number of nitrogens with zero attached hydrogens (tertiary/aromatic N) is 1. The maximum Gasteiger partial charge on any atom is 0.342 e. The molecule has 1 heterocycles. The molecule has 1 aromatic heterocycles. The maximum absolute atomic E-state index is 11.9. The lowest BCUT2D eigenvalue weighted by molar-refractivity contribution is 0.0526. The van der Waals surface area contributed by atoms with E-state index < -0.39 is 5.97 Å². The van der Waals surface area contributed by atoms with Crippen LogP contribution in [0.3, 0.4) is 0 Å². The summed E-state index contributed by atoms with van der Waals surface area (Å²) in [6.45, 7) is 1.91. The zero-order chi connectivity index (χ0) is 15.6. The molecule has 7 heteroatoms. The first-order valence-corrected chi connectivity index (χ1v) is 6.86. The van der Waals surface area contributed by atoms with Crippen LogP contribution in [0.4, 0.5) is 0 Å².